The number of anilines is 1. The standard InChI is InChI=1S/C25H28N6O/c1-18-14-19(2)31(28-18)25-23-17-29(16-20-6-4-3-5-7-20)9-8-21(23)22(15-26)24(27-25)30-10-12-32-13-11-30/h3-7,14H,8-13,16-17H2,1-2H3. The van der Waals surface area contributed by atoms with Crippen LogP contribution in [0.1, 0.15) is 33.6 Å². The minimum absolute atomic E-state index is 0.656. The molecule has 2 aliphatic rings. The molecule has 0 atom stereocenters. The number of benzene rings is 1. The van der Waals surface area contributed by atoms with Crippen molar-refractivity contribution in [3.63, 3.8) is 0 Å². The van der Waals surface area contributed by atoms with E-state index in [1.54, 1.807) is 0 Å². The summed E-state index contributed by atoms with van der Waals surface area (Å²) in [5.41, 5.74) is 6.26. The third-order valence-electron chi connectivity index (χ3n) is 6.31. The molecule has 0 radical (unpaired) electrons. The number of hydrogen-bond donors (Lipinski definition) is 0. The lowest BCUT2D eigenvalue weighted by Crippen LogP contribution is -2.39. The van der Waals surface area contributed by atoms with Crippen molar-refractivity contribution in [2.45, 2.75) is 33.4 Å². The van der Waals surface area contributed by atoms with E-state index in [2.05, 4.69) is 53.1 Å². The molecule has 1 saturated heterocycles. The topological polar surface area (TPSA) is 70.2 Å². The fourth-order valence-corrected chi connectivity index (χ4v) is 4.78. The lowest BCUT2D eigenvalue weighted by atomic mass is 9.95. The number of nitriles is 1. The first-order valence-electron chi connectivity index (χ1n) is 11.2. The van der Waals surface area contributed by atoms with E-state index in [0.29, 0.717) is 18.8 Å². The summed E-state index contributed by atoms with van der Waals surface area (Å²) in [7, 11) is 0. The van der Waals surface area contributed by atoms with Gasteiger partial charge in [0.05, 0.1) is 24.5 Å². The average Bonchev–Trinajstić information content (AvgIpc) is 3.16. The highest BCUT2D eigenvalue weighted by atomic mass is 16.5. The second-order valence-corrected chi connectivity index (χ2v) is 8.59. The molecule has 5 rings (SSSR count). The molecule has 0 N–H and O–H groups in total. The van der Waals surface area contributed by atoms with Crippen LogP contribution >= 0.6 is 0 Å². The molecule has 7 heteroatoms. The van der Waals surface area contributed by atoms with Gasteiger partial charge in [0.2, 0.25) is 0 Å². The van der Waals surface area contributed by atoms with E-state index in [4.69, 9.17) is 14.8 Å². The molecule has 0 unspecified atom stereocenters. The van der Waals surface area contributed by atoms with Crippen molar-refractivity contribution in [1.82, 2.24) is 19.7 Å². The van der Waals surface area contributed by atoms with Gasteiger partial charge >= 0.3 is 0 Å². The zero-order chi connectivity index (χ0) is 22.1. The molecule has 0 spiro atoms. The molecule has 0 bridgehead atoms. The van der Waals surface area contributed by atoms with Gasteiger partial charge in [0, 0.05) is 44.0 Å². The van der Waals surface area contributed by atoms with Gasteiger partial charge in [-0.05, 0) is 37.5 Å². The number of hydrogen-bond acceptors (Lipinski definition) is 6. The third-order valence-corrected chi connectivity index (χ3v) is 6.31. The van der Waals surface area contributed by atoms with Crippen LogP contribution in [0.15, 0.2) is 36.4 Å². The summed E-state index contributed by atoms with van der Waals surface area (Å²) < 4.78 is 7.49. The number of ether oxygens (including phenoxy) is 1. The third kappa shape index (κ3) is 3.88. The molecule has 2 aliphatic heterocycles. The van der Waals surface area contributed by atoms with Gasteiger partial charge in [-0.3, -0.25) is 4.90 Å². The molecular formula is C25H28N6O. The average molecular weight is 429 g/mol. The summed E-state index contributed by atoms with van der Waals surface area (Å²) in [6.45, 7) is 9.42. The Morgan fingerprint density at radius 2 is 1.81 bits per heavy atom. The van der Waals surface area contributed by atoms with Gasteiger partial charge in [0.1, 0.15) is 11.9 Å². The lowest BCUT2D eigenvalue weighted by molar-refractivity contribution is 0.122. The maximum absolute atomic E-state index is 10.1. The molecule has 4 heterocycles. The number of rotatable bonds is 4. The van der Waals surface area contributed by atoms with E-state index < -0.39 is 0 Å². The highest BCUT2D eigenvalue weighted by Gasteiger charge is 2.29. The molecule has 32 heavy (non-hydrogen) atoms. The highest BCUT2D eigenvalue weighted by molar-refractivity contribution is 5.64. The zero-order valence-electron chi connectivity index (χ0n) is 18.7. The van der Waals surface area contributed by atoms with Gasteiger partial charge in [0.15, 0.2) is 5.82 Å². The van der Waals surface area contributed by atoms with Gasteiger partial charge in [-0.25, -0.2) is 9.67 Å². The zero-order valence-corrected chi connectivity index (χ0v) is 18.7. The summed E-state index contributed by atoms with van der Waals surface area (Å²) in [4.78, 5) is 9.71. The Morgan fingerprint density at radius 1 is 1.03 bits per heavy atom. The van der Waals surface area contributed by atoms with Crippen molar-refractivity contribution < 1.29 is 4.74 Å². The van der Waals surface area contributed by atoms with Crippen molar-refractivity contribution in [2.24, 2.45) is 0 Å². The summed E-state index contributed by atoms with van der Waals surface area (Å²) in [5, 5.41) is 14.9. The Hall–Kier alpha value is -3.21. The largest absolute Gasteiger partial charge is 0.378 e. The normalized spacial score (nSPS) is 16.6. The van der Waals surface area contributed by atoms with Crippen LogP contribution in [0.2, 0.25) is 0 Å². The van der Waals surface area contributed by atoms with Crippen molar-refractivity contribution in [3.05, 3.63) is 70.0 Å². The molecule has 0 aliphatic carbocycles. The molecule has 0 amide bonds. The van der Waals surface area contributed by atoms with E-state index in [9.17, 15) is 5.26 Å². The van der Waals surface area contributed by atoms with Gasteiger partial charge in [-0.1, -0.05) is 30.3 Å². The maximum atomic E-state index is 10.1. The highest BCUT2D eigenvalue weighted by Crippen LogP contribution is 2.33. The number of pyridine rings is 1. The van der Waals surface area contributed by atoms with Crippen LogP contribution in [-0.4, -0.2) is 52.5 Å². The second-order valence-electron chi connectivity index (χ2n) is 8.59. The fourth-order valence-electron chi connectivity index (χ4n) is 4.78. The molecule has 0 saturated carbocycles. The number of aromatic nitrogens is 3. The van der Waals surface area contributed by atoms with E-state index in [0.717, 1.165) is 73.3 Å². The van der Waals surface area contributed by atoms with Crippen LogP contribution < -0.4 is 4.90 Å². The van der Waals surface area contributed by atoms with Crippen LogP contribution in [0.4, 0.5) is 5.82 Å². The number of fused-ring (bicyclic) bond motifs is 1. The number of aryl methyl sites for hydroxylation is 2. The molecule has 1 aromatic carbocycles. The maximum Gasteiger partial charge on any atom is 0.160 e. The molecule has 2 aromatic heterocycles. The molecule has 164 valence electrons. The molecule has 3 aromatic rings. The van der Waals surface area contributed by atoms with Crippen molar-refractivity contribution in [1.29, 1.82) is 5.26 Å². The minimum Gasteiger partial charge on any atom is -0.378 e. The van der Waals surface area contributed by atoms with Crippen LogP contribution in [0.3, 0.4) is 0 Å². The second kappa shape index (κ2) is 8.73. The molecule has 7 nitrogen and oxygen atoms in total. The van der Waals surface area contributed by atoms with E-state index in [-0.39, 0.29) is 0 Å². The Kier molecular flexibility index (Phi) is 5.64. The first kappa shape index (κ1) is 20.7. The van der Waals surface area contributed by atoms with E-state index in [1.165, 1.54) is 5.56 Å². The lowest BCUT2D eigenvalue weighted by Gasteiger charge is -2.34. The van der Waals surface area contributed by atoms with Gasteiger partial charge < -0.3 is 9.64 Å². The molecule has 1 fully saturated rings. The van der Waals surface area contributed by atoms with Gasteiger partial charge in [-0.2, -0.15) is 10.4 Å². The summed E-state index contributed by atoms with van der Waals surface area (Å²) in [5.74, 6) is 1.62. The first-order valence-corrected chi connectivity index (χ1v) is 11.2. The Labute approximate surface area is 188 Å². The monoisotopic (exact) mass is 428 g/mol. The number of nitrogens with zero attached hydrogens (tertiary/aromatic N) is 6. The Balaban J connectivity index is 1.61. The summed E-state index contributed by atoms with van der Waals surface area (Å²) in [6, 6.07) is 15.1. The van der Waals surface area contributed by atoms with E-state index in [1.807, 2.05) is 17.7 Å². The molecular weight excluding hydrogens is 400 g/mol. The minimum atomic E-state index is 0.656. The Bertz CT molecular complexity index is 1160. The first-order chi connectivity index (χ1) is 15.6. The van der Waals surface area contributed by atoms with Crippen molar-refractivity contribution in [3.8, 4) is 11.9 Å². The van der Waals surface area contributed by atoms with E-state index >= 15 is 0 Å². The number of morpholine rings is 1. The quantitative estimate of drug-likeness (QED) is 0.636. The van der Waals surface area contributed by atoms with Crippen LogP contribution in [0.5, 0.6) is 0 Å². The van der Waals surface area contributed by atoms with Crippen molar-refractivity contribution in [2.75, 3.05) is 37.7 Å². The van der Waals surface area contributed by atoms with Crippen LogP contribution in [0.25, 0.3) is 5.82 Å². The van der Waals surface area contributed by atoms with Crippen molar-refractivity contribution >= 4 is 5.82 Å². The van der Waals surface area contributed by atoms with Crippen LogP contribution in [-0.2, 0) is 24.2 Å². The smallest absolute Gasteiger partial charge is 0.160 e. The fraction of sp³-hybridized carbons (Fsp3) is 0.400. The van der Waals surface area contributed by atoms with Gasteiger partial charge in [-0.15, -0.1) is 0 Å². The summed E-state index contributed by atoms with van der Waals surface area (Å²) in [6.07, 6.45) is 0.831. The predicted molar refractivity (Wildman–Crippen MR) is 123 cm³/mol. The van der Waals surface area contributed by atoms with Crippen LogP contribution in [0, 0.1) is 25.2 Å². The summed E-state index contributed by atoms with van der Waals surface area (Å²) >= 11 is 0. The Morgan fingerprint density at radius 3 is 2.50 bits per heavy atom. The SMILES string of the molecule is Cc1cc(C)n(-c2nc(N3CCOCC3)c(C#N)c3c2CN(Cc2ccccc2)CC3)n1. The van der Waals surface area contributed by atoms with Gasteiger partial charge in [0.25, 0.3) is 0 Å². The predicted octanol–water partition coefficient (Wildman–Crippen LogP) is 3.15.